The number of carbonyl (C=O) groups excluding carboxylic acids is 3. The van der Waals surface area contributed by atoms with Gasteiger partial charge in [0, 0.05) is 37.2 Å². The Hall–Kier alpha value is -3.23. The summed E-state index contributed by atoms with van der Waals surface area (Å²) in [6, 6.07) is 13.2. The Bertz CT molecular complexity index is 1060. The molecule has 3 heterocycles. The van der Waals surface area contributed by atoms with Crippen molar-refractivity contribution in [1.29, 1.82) is 0 Å². The van der Waals surface area contributed by atoms with Gasteiger partial charge in [0.1, 0.15) is 18.4 Å². The van der Waals surface area contributed by atoms with Crippen molar-refractivity contribution in [3.63, 3.8) is 0 Å². The van der Waals surface area contributed by atoms with E-state index in [0.717, 1.165) is 44.0 Å². The van der Waals surface area contributed by atoms with Gasteiger partial charge in [0.15, 0.2) is 0 Å². The quantitative estimate of drug-likeness (QED) is 0.594. The first-order valence-corrected chi connectivity index (χ1v) is 13.4. The lowest BCUT2D eigenvalue weighted by molar-refractivity contribution is -0.136. The molecular weight excluding hydrogens is 470 g/mol. The molecular formula is C29H39N3O5. The molecule has 5 rings (SSSR count). The average molecular weight is 510 g/mol. The highest BCUT2D eigenvalue weighted by molar-refractivity contribution is 6.05. The van der Waals surface area contributed by atoms with Crippen LogP contribution in [0.2, 0.25) is 0 Å². The Balaban J connectivity index is 0.000000907. The van der Waals surface area contributed by atoms with E-state index in [4.69, 9.17) is 9.47 Å². The van der Waals surface area contributed by atoms with Crippen LogP contribution < -0.4 is 10.1 Å². The Morgan fingerprint density at radius 1 is 0.946 bits per heavy atom. The van der Waals surface area contributed by atoms with Gasteiger partial charge in [-0.1, -0.05) is 58.0 Å². The highest BCUT2D eigenvalue weighted by Crippen LogP contribution is 2.34. The fraction of sp³-hybridized carbons (Fsp3) is 0.483. The maximum atomic E-state index is 12.9. The fourth-order valence-corrected chi connectivity index (χ4v) is 4.61. The second-order valence-corrected chi connectivity index (χ2v) is 8.68. The van der Waals surface area contributed by atoms with Crippen LogP contribution in [0.1, 0.15) is 67.6 Å². The van der Waals surface area contributed by atoms with E-state index in [9.17, 15) is 14.4 Å². The Labute approximate surface area is 219 Å². The lowest BCUT2D eigenvalue weighted by Gasteiger charge is -2.29. The van der Waals surface area contributed by atoms with Gasteiger partial charge in [-0.3, -0.25) is 24.6 Å². The van der Waals surface area contributed by atoms with Crippen LogP contribution in [-0.4, -0.2) is 59.9 Å². The number of hydrogen-bond acceptors (Lipinski definition) is 6. The van der Waals surface area contributed by atoms with Gasteiger partial charge >= 0.3 is 0 Å². The maximum absolute atomic E-state index is 12.9. The van der Waals surface area contributed by atoms with Crippen LogP contribution in [0, 0.1) is 0 Å². The third-order valence-electron chi connectivity index (χ3n) is 6.47. The molecule has 2 aromatic carbocycles. The van der Waals surface area contributed by atoms with Crippen molar-refractivity contribution in [3.05, 3.63) is 64.7 Å². The van der Waals surface area contributed by atoms with Crippen molar-refractivity contribution < 1.29 is 23.9 Å². The summed E-state index contributed by atoms with van der Waals surface area (Å²) in [5, 5.41) is 2.33. The van der Waals surface area contributed by atoms with Crippen molar-refractivity contribution in [2.45, 2.75) is 66.3 Å². The standard InChI is InChI=1S/C25H27N3O5.2C2H6/c29-23-9-8-21(24(30)26-23)28-15-20-19(25(28)31)2-1-3-22(20)33-16-18-6-4-17(5-7-18)14-27-10-12-32-13-11-27;2*1-2/h1-7,21H,8-16H2,(H,26,29,30);2*1-2H3. The van der Waals surface area contributed by atoms with E-state index in [1.54, 1.807) is 17.0 Å². The molecule has 37 heavy (non-hydrogen) atoms. The number of rotatable bonds is 6. The molecule has 0 spiro atoms. The van der Waals surface area contributed by atoms with E-state index in [2.05, 4.69) is 34.5 Å². The molecule has 8 heteroatoms. The number of ether oxygens (including phenoxy) is 2. The molecule has 3 amide bonds. The summed E-state index contributed by atoms with van der Waals surface area (Å²) in [5.74, 6) is -0.252. The van der Waals surface area contributed by atoms with Gasteiger partial charge in [-0.05, 0) is 29.7 Å². The van der Waals surface area contributed by atoms with Gasteiger partial charge < -0.3 is 14.4 Å². The molecule has 0 aromatic heterocycles. The van der Waals surface area contributed by atoms with E-state index in [1.165, 1.54) is 5.56 Å². The molecule has 1 N–H and O–H groups in total. The van der Waals surface area contributed by atoms with Crippen molar-refractivity contribution in [2.75, 3.05) is 26.3 Å². The summed E-state index contributed by atoms with van der Waals surface area (Å²) >= 11 is 0. The smallest absolute Gasteiger partial charge is 0.255 e. The summed E-state index contributed by atoms with van der Waals surface area (Å²) in [6.45, 7) is 13.1. The predicted octanol–water partition coefficient (Wildman–Crippen LogP) is 3.91. The number of piperidine rings is 1. The fourth-order valence-electron chi connectivity index (χ4n) is 4.61. The van der Waals surface area contributed by atoms with Crippen LogP contribution in [0.25, 0.3) is 0 Å². The number of nitrogens with zero attached hydrogens (tertiary/aromatic N) is 2. The SMILES string of the molecule is CC.CC.O=C1CCC(N2Cc3c(OCc4ccc(CN5CCOCC5)cc4)cccc3C2=O)C(=O)N1. The third-order valence-corrected chi connectivity index (χ3v) is 6.47. The van der Waals surface area contributed by atoms with Gasteiger partial charge in [0.2, 0.25) is 11.8 Å². The minimum absolute atomic E-state index is 0.197. The van der Waals surface area contributed by atoms with Crippen LogP contribution in [0.4, 0.5) is 0 Å². The second-order valence-electron chi connectivity index (χ2n) is 8.68. The summed E-state index contributed by atoms with van der Waals surface area (Å²) in [4.78, 5) is 40.6. The van der Waals surface area contributed by atoms with E-state index in [0.29, 0.717) is 30.9 Å². The van der Waals surface area contributed by atoms with Crippen LogP contribution >= 0.6 is 0 Å². The highest BCUT2D eigenvalue weighted by atomic mass is 16.5. The molecule has 0 bridgehead atoms. The number of benzene rings is 2. The number of nitrogens with one attached hydrogen (secondary N) is 1. The summed E-state index contributed by atoms with van der Waals surface area (Å²) in [6.07, 6.45) is 0.582. The molecule has 1 atom stereocenters. The number of amides is 3. The van der Waals surface area contributed by atoms with E-state index >= 15 is 0 Å². The molecule has 0 aliphatic carbocycles. The van der Waals surface area contributed by atoms with Crippen LogP contribution in [0.3, 0.4) is 0 Å². The minimum atomic E-state index is -0.630. The molecule has 0 saturated carbocycles. The topological polar surface area (TPSA) is 88.2 Å². The van der Waals surface area contributed by atoms with Gasteiger partial charge in [-0.2, -0.15) is 0 Å². The van der Waals surface area contributed by atoms with Gasteiger partial charge in [-0.25, -0.2) is 0 Å². The molecule has 0 radical (unpaired) electrons. The number of fused-ring (bicyclic) bond motifs is 1. The van der Waals surface area contributed by atoms with E-state index < -0.39 is 11.9 Å². The molecule has 1 unspecified atom stereocenters. The normalized spacial score (nSPS) is 19.2. The lowest BCUT2D eigenvalue weighted by Crippen LogP contribution is -2.52. The summed E-state index contributed by atoms with van der Waals surface area (Å²) in [7, 11) is 0. The zero-order valence-electron chi connectivity index (χ0n) is 22.4. The lowest BCUT2D eigenvalue weighted by atomic mass is 10.0. The van der Waals surface area contributed by atoms with Crippen molar-refractivity contribution in [3.8, 4) is 5.75 Å². The largest absolute Gasteiger partial charge is 0.489 e. The van der Waals surface area contributed by atoms with Crippen LogP contribution in [0.15, 0.2) is 42.5 Å². The zero-order chi connectivity index (χ0) is 26.8. The molecule has 2 fully saturated rings. The molecule has 3 aliphatic rings. The maximum Gasteiger partial charge on any atom is 0.255 e. The molecule has 2 saturated heterocycles. The molecule has 3 aliphatic heterocycles. The Morgan fingerprint density at radius 2 is 1.62 bits per heavy atom. The first kappa shape index (κ1) is 28.3. The van der Waals surface area contributed by atoms with E-state index in [1.807, 2.05) is 33.8 Å². The van der Waals surface area contributed by atoms with Crippen LogP contribution in [0.5, 0.6) is 5.75 Å². The first-order valence-electron chi connectivity index (χ1n) is 13.4. The highest BCUT2D eigenvalue weighted by Gasteiger charge is 2.40. The van der Waals surface area contributed by atoms with Gasteiger partial charge in [0.25, 0.3) is 5.91 Å². The van der Waals surface area contributed by atoms with Crippen molar-refractivity contribution in [2.24, 2.45) is 0 Å². The van der Waals surface area contributed by atoms with E-state index in [-0.39, 0.29) is 18.2 Å². The van der Waals surface area contributed by atoms with Gasteiger partial charge in [-0.15, -0.1) is 0 Å². The molecule has 2 aromatic rings. The third kappa shape index (κ3) is 6.96. The number of morpholine rings is 1. The first-order chi connectivity index (χ1) is 18.1. The zero-order valence-corrected chi connectivity index (χ0v) is 22.4. The molecule has 200 valence electrons. The number of carbonyl (C=O) groups is 3. The Morgan fingerprint density at radius 3 is 2.30 bits per heavy atom. The average Bonchev–Trinajstić information content (AvgIpc) is 3.28. The number of hydrogen-bond donors (Lipinski definition) is 1. The van der Waals surface area contributed by atoms with Crippen molar-refractivity contribution >= 4 is 17.7 Å². The second kappa shape index (κ2) is 13.9. The van der Waals surface area contributed by atoms with Crippen molar-refractivity contribution in [1.82, 2.24) is 15.1 Å². The molecule has 8 nitrogen and oxygen atoms in total. The minimum Gasteiger partial charge on any atom is -0.489 e. The summed E-state index contributed by atoms with van der Waals surface area (Å²) in [5.41, 5.74) is 3.64. The predicted molar refractivity (Wildman–Crippen MR) is 142 cm³/mol. The van der Waals surface area contributed by atoms with Crippen LogP contribution in [-0.2, 0) is 34.0 Å². The summed E-state index contributed by atoms with van der Waals surface area (Å²) < 4.78 is 11.5. The Kier molecular flexibility index (Phi) is 10.7. The number of imide groups is 1. The van der Waals surface area contributed by atoms with Gasteiger partial charge in [0.05, 0.1) is 19.8 Å². The monoisotopic (exact) mass is 509 g/mol.